The van der Waals surface area contributed by atoms with Gasteiger partial charge in [-0.2, -0.15) is 0 Å². The van der Waals surface area contributed by atoms with Crippen LogP contribution in [0, 0.1) is 13.8 Å². The minimum Gasteiger partial charge on any atom is -0.847 e. The van der Waals surface area contributed by atoms with Crippen molar-refractivity contribution in [3.05, 3.63) is 122 Å². The molecular formula is C36H44O9Sn. The predicted octanol–water partition coefficient (Wildman–Crippen LogP) is 4.34. The number of rotatable bonds is 7. The number of hydrogen-bond acceptors (Lipinski definition) is 9. The molecule has 2 aliphatic heterocycles. The van der Waals surface area contributed by atoms with E-state index < -0.39 is 48.9 Å². The first kappa shape index (κ1) is 41.2. The summed E-state index contributed by atoms with van der Waals surface area (Å²) in [5, 5.41) is 23.2. The van der Waals surface area contributed by atoms with Crippen LogP contribution in [0.1, 0.15) is 72.1 Å². The summed E-state index contributed by atoms with van der Waals surface area (Å²) in [5.74, 6) is -1.74. The first-order valence-electron chi connectivity index (χ1n) is 15.1. The third kappa shape index (κ3) is 13.5. The van der Waals surface area contributed by atoms with E-state index in [0.29, 0.717) is 5.56 Å². The van der Waals surface area contributed by atoms with Crippen LogP contribution in [0.2, 0.25) is 0 Å². The average molecular weight is 739 g/mol. The molecule has 0 bridgehead atoms. The average Bonchev–Trinajstić information content (AvgIpc) is 3.10. The van der Waals surface area contributed by atoms with E-state index in [1.54, 1.807) is 48.5 Å². The number of hydrogen-bond donors (Lipinski definition) is 0. The van der Waals surface area contributed by atoms with Gasteiger partial charge in [-0.15, -0.1) is 0 Å². The van der Waals surface area contributed by atoms with Crippen LogP contribution in [0.4, 0.5) is 0 Å². The Hall–Kier alpha value is -2.80. The second-order valence-corrected chi connectivity index (χ2v) is 10.0. The van der Waals surface area contributed by atoms with Crippen molar-refractivity contribution in [2.45, 2.75) is 76.5 Å². The van der Waals surface area contributed by atoms with Gasteiger partial charge in [-0.3, -0.25) is 0 Å². The predicted molar refractivity (Wildman–Crippen MR) is 172 cm³/mol. The molecule has 0 aromatic heterocycles. The van der Waals surface area contributed by atoms with Crippen LogP contribution in [-0.4, -0.2) is 80.3 Å². The number of benzene rings is 3. The second-order valence-electron chi connectivity index (χ2n) is 10.0. The Morgan fingerprint density at radius 3 is 1.74 bits per heavy atom. The van der Waals surface area contributed by atoms with E-state index in [2.05, 4.69) is 27.7 Å². The molecule has 9 nitrogen and oxygen atoms in total. The molecule has 0 spiro atoms. The van der Waals surface area contributed by atoms with Crippen LogP contribution in [-0.2, 0) is 23.7 Å². The summed E-state index contributed by atoms with van der Waals surface area (Å²) in [6.07, 6.45) is -1.07. The molecule has 246 valence electrons. The molecule has 2 saturated heterocycles. The fourth-order valence-electron chi connectivity index (χ4n) is 3.98. The SMILES string of the molecule is CO[C@H]1O[C@@H]2COC(c3ccccc3)O[C@H]2[C@H]([O-])[C@H]1OC(=O)c1ccccc1.O=C([O-])c1ccccc1.[CH2]CCC.[CH2]CCC.[Sn+2]. The van der Waals surface area contributed by atoms with Crippen molar-refractivity contribution in [1.29, 1.82) is 0 Å². The monoisotopic (exact) mass is 740 g/mol. The van der Waals surface area contributed by atoms with E-state index in [1.165, 1.54) is 32.1 Å². The topological polar surface area (TPSA) is 126 Å². The molecule has 4 radical (unpaired) electrons. The van der Waals surface area contributed by atoms with Gasteiger partial charge in [0.25, 0.3) is 0 Å². The molecule has 0 saturated carbocycles. The Labute approximate surface area is 290 Å². The summed E-state index contributed by atoms with van der Waals surface area (Å²) in [4.78, 5) is 22.5. The third-order valence-corrected chi connectivity index (χ3v) is 6.56. The van der Waals surface area contributed by atoms with Gasteiger partial charge in [0, 0.05) is 12.7 Å². The number of unbranched alkanes of at least 4 members (excludes halogenated alkanes) is 2. The van der Waals surface area contributed by atoms with Crippen LogP contribution < -0.4 is 10.2 Å². The molecule has 0 N–H and O–H groups in total. The minimum atomic E-state index is -1.38. The zero-order valence-electron chi connectivity index (χ0n) is 26.7. The van der Waals surface area contributed by atoms with Crippen molar-refractivity contribution >= 4 is 35.8 Å². The van der Waals surface area contributed by atoms with Crippen LogP contribution in [0.3, 0.4) is 0 Å². The molecule has 3 aromatic carbocycles. The van der Waals surface area contributed by atoms with Gasteiger partial charge in [0.15, 0.2) is 12.6 Å². The fourth-order valence-corrected chi connectivity index (χ4v) is 3.98. The van der Waals surface area contributed by atoms with Gasteiger partial charge in [-0.05, 0) is 17.7 Å². The molecule has 2 heterocycles. The van der Waals surface area contributed by atoms with Gasteiger partial charge in [0.2, 0.25) is 0 Å². The summed E-state index contributed by atoms with van der Waals surface area (Å²) in [6.45, 7) is 11.6. The fraction of sp³-hybridized carbons (Fsp3) is 0.389. The van der Waals surface area contributed by atoms with Crippen LogP contribution in [0.25, 0.3) is 0 Å². The second kappa shape index (κ2) is 23.5. The zero-order valence-corrected chi connectivity index (χ0v) is 29.6. The summed E-state index contributed by atoms with van der Waals surface area (Å²) in [5.41, 5.74) is 1.37. The number of esters is 1. The molecular weight excluding hydrogens is 695 g/mol. The third-order valence-electron chi connectivity index (χ3n) is 6.56. The smallest absolute Gasteiger partial charge is 0.847 e. The van der Waals surface area contributed by atoms with E-state index in [4.69, 9.17) is 23.7 Å². The van der Waals surface area contributed by atoms with Crippen LogP contribution in [0.15, 0.2) is 91.0 Å². The molecule has 5 rings (SSSR count). The standard InChI is InChI=1S/C21H21O7.C7H6O2.2C4H9.Sn/c1-24-21-18(27-19(23)13-8-4-2-5-9-13)16(22)17-15(26-21)12-25-20(28-17)14-10-6-3-7-11-14;8-7(9)6-4-2-1-3-5-6;2*1-3-4-2;/h2-11,15-18,20-21H,12H2,1H3;1-5H,(H,8,9);2*1,3-4H2,2H3;/q-1;;;;+2/p-1/t15-,16+,17-,18-,20?,21+;;;;/m1..../s1. The van der Waals surface area contributed by atoms with Crippen molar-refractivity contribution in [1.82, 2.24) is 0 Å². The quantitative estimate of drug-likeness (QED) is 0.257. The summed E-state index contributed by atoms with van der Waals surface area (Å²) >= 11 is 0. The Morgan fingerprint density at radius 2 is 1.30 bits per heavy atom. The Morgan fingerprint density at radius 1 is 0.826 bits per heavy atom. The molecule has 3 aromatic rings. The number of carbonyl (C=O) groups is 2. The molecule has 2 aliphatic rings. The number of carboxylic acid groups (broad SMARTS) is 1. The molecule has 0 aliphatic carbocycles. The van der Waals surface area contributed by atoms with E-state index in [1.807, 2.05) is 30.3 Å². The summed E-state index contributed by atoms with van der Waals surface area (Å²) < 4.78 is 28.1. The number of aromatic carboxylic acids is 1. The van der Waals surface area contributed by atoms with Crippen LogP contribution in [0.5, 0.6) is 0 Å². The molecule has 10 heteroatoms. The normalized spacial score (nSPS) is 22.7. The maximum Gasteiger partial charge on any atom is 2.00 e. The van der Waals surface area contributed by atoms with E-state index >= 15 is 0 Å². The maximum atomic E-state index is 13.1. The van der Waals surface area contributed by atoms with Gasteiger partial charge >= 0.3 is 29.9 Å². The van der Waals surface area contributed by atoms with Crippen molar-refractivity contribution in [3.63, 3.8) is 0 Å². The summed E-state index contributed by atoms with van der Waals surface area (Å²) in [6, 6.07) is 25.9. The van der Waals surface area contributed by atoms with Gasteiger partial charge in [0.05, 0.1) is 24.2 Å². The van der Waals surface area contributed by atoms with Gasteiger partial charge in [-0.1, -0.05) is 138 Å². The molecule has 46 heavy (non-hydrogen) atoms. The Kier molecular flexibility index (Phi) is 21.1. The number of fused-ring (bicyclic) bond motifs is 1. The van der Waals surface area contributed by atoms with Crippen molar-refractivity contribution in [2.75, 3.05) is 13.7 Å². The maximum absolute atomic E-state index is 13.1. The van der Waals surface area contributed by atoms with Crippen molar-refractivity contribution in [2.24, 2.45) is 0 Å². The largest absolute Gasteiger partial charge is 2.00 e. The number of carboxylic acids is 1. The zero-order chi connectivity index (χ0) is 33.0. The Balaban J connectivity index is 0.000000485. The van der Waals surface area contributed by atoms with Gasteiger partial charge in [-0.25, -0.2) is 4.79 Å². The van der Waals surface area contributed by atoms with Gasteiger partial charge in [0.1, 0.15) is 12.2 Å². The molecule has 2 fully saturated rings. The Bertz CT molecular complexity index is 1210. The van der Waals surface area contributed by atoms with Crippen molar-refractivity contribution < 1.29 is 43.5 Å². The van der Waals surface area contributed by atoms with E-state index in [9.17, 15) is 19.8 Å². The van der Waals surface area contributed by atoms with E-state index in [-0.39, 0.29) is 36.1 Å². The first-order chi connectivity index (χ1) is 21.8. The van der Waals surface area contributed by atoms with Gasteiger partial charge < -0.3 is 38.7 Å². The van der Waals surface area contributed by atoms with Crippen molar-refractivity contribution in [3.8, 4) is 0 Å². The molecule has 6 atom stereocenters. The summed E-state index contributed by atoms with van der Waals surface area (Å²) in [7, 11) is 1.40. The molecule has 0 amide bonds. The first-order valence-corrected chi connectivity index (χ1v) is 15.1. The van der Waals surface area contributed by atoms with Crippen LogP contribution >= 0.6 is 0 Å². The number of ether oxygens (including phenoxy) is 5. The number of methoxy groups -OCH3 is 1. The number of carbonyl (C=O) groups excluding carboxylic acids is 2. The van der Waals surface area contributed by atoms with E-state index in [0.717, 1.165) is 18.4 Å². The molecule has 1 unspecified atom stereocenters. The minimum absolute atomic E-state index is 0.